The molecule has 0 aromatic rings. The Morgan fingerprint density at radius 1 is 0.476 bits per heavy atom. The number of thioether (sulfide) groups is 1. The van der Waals surface area contributed by atoms with Crippen LogP contribution in [0.2, 0.25) is 0 Å². The second-order valence-electron chi connectivity index (χ2n) is 14.0. The van der Waals surface area contributed by atoms with Crippen molar-refractivity contribution in [2.24, 2.45) is 60.8 Å². The van der Waals surface area contributed by atoms with Gasteiger partial charge in [-0.05, 0) is 69.8 Å². The molecule has 0 unspecified atom stereocenters. The van der Waals surface area contributed by atoms with E-state index in [1.54, 1.807) is 6.26 Å². The monoisotopic (exact) mass is 915 g/mol. The number of amides is 8. The fraction of sp³-hybridized carbons (Fsp3) is 0.657. The van der Waals surface area contributed by atoms with Gasteiger partial charge in [0.15, 0.2) is 17.9 Å². The molecule has 6 atom stereocenters. The Morgan fingerprint density at radius 2 is 0.794 bits per heavy atom. The van der Waals surface area contributed by atoms with Crippen LogP contribution in [0.3, 0.4) is 0 Å². The van der Waals surface area contributed by atoms with Crippen LogP contribution < -0.4 is 77.8 Å². The smallest absolute Gasteiger partial charge is 0.303 e. The molecule has 0 aliphatic rings. The van der Waals surface area contributed by atoms with Crippen molar-refractivity contribution in [1.29, 1.82) is 0 Å². The average Bonchev–Trinajstić information content (AvgIpc) is 3.18. The Labute approximate surface area is 368 Å². The second kappa shape index (κ2) is 31.3. The van der Waals surface area contributed by atoms with Gasteiger partial charge in [0.1, 0.15) is 36.3 Å². The number of rotatable bonds is 33. The molecule has 0 aromatic carbocycles. The first-order chi connectivity index (χ1) is 29.6. The van der Waals surface area contributed by atoms with Gasteiger partial charge in [-0.3, -0.25) is 58.1 Å². The van der Waals surface area contributed by atoms with Crippen LogP contribution in [0, 0.1) is 0 Å². The van der Waals surface area contributed by atoms with Gasteiger partial charge in [0.05, 0.1) is 0 Å². The van der Waals surface area contributed by atoms with E-state index in [9.17, 15) is 48.3 Å². The Bertz CT molecular complexity index is 1650. The molecule has 0 spiro atoms. The summed E-state index contributed by atoms with van der Waals surface area (Å²) in [5.41, 5.74) is 43.1. The number of carboxylic acids is 1. The van der Waals surface area contributed by atoms with E-state index < -0.39 is 109 Å². The number of nitrogens with one attached hydrogen (secondary N) is 6. The Kier molecular flexibility index (Phi) is 28.0. The first-order valence-corrected chi connectivity index (χ1v) is 21.2. The van der Waals surface area contributed by atoms with Crippen LogP contribution in [0.15, 0.2) is 15.0 Å². The normalized spacial score (nSPS) is 13.4. The standard InChI is InChI=1S/C35H65N17O10S/c1-18(53)47-24(13-17-63-2)32(62)50-20(7-4-15-45-34(40)41)28(58)49-21(8-5-16-46-35(42)43)29(59)52-23(10-12-26(55)56)31(61)51-22(9-11-25(36)54)30(60)48-19(27(37)57)6-3-14-44-33(38)39/h19-24H,3-17H2,1-2H3,(H2,36,54)(H2,37,57)(H,47,53)(H,48,60)(H,49,58)(H,50,62)(H,51,61)(H,52,59)(H,55,56)(H4,38,39,44)(H4,40,41,45)(H4,42,43,46)/t19-,20-,21-,22-,23-,24-/m0/s1. The lowest BCUT2D eigenvalue weighted by Crippen LogP contribution is -2.59. The van der Waals surface area contributed by atoms with Crippen LogP contribution in [0.5, 0.6) is 0 Å². The van der Waals surface area contributed by atoms with E-state index in [4.69, 9.17) is 45.9 Å². The molecule has 0 aliphatic carbocycles. The molecule has 23 N–H and O–H groups in total. The molecule has 0 radical (unpaired) electrons. The van der Waals surface area contributed by atoms with Gasteiger partial charge in [0, 0.05) is 39.4 Å². The number of nitrogens with two attached hydrogens (primary N) is 8. The highest BCUT2D eigenvalue weighted by molar-refractivity contribution is 7.98. The summed E-state index contributed by atoms with van der Waals surface area (Å²) in [4.78, 5) is 127. The lowest BCUT2D eigenvalue weighted by Gasteiger charge is -2.27. The highest BCUT2D eigenvalue weighted by Gasteiger charge is 2.33. The maximum absolute atomic E-state index is 14.0. The van der Waals surface area contributed by atoms with Crippen molar-refractivity contribution in [3.8, 4) is 0 Å². The molecule has 0 bridgehead atoms. The molecule has 0 rings (SSSR count). The number of nitrogens with zero attached hydrogens (tertiary/aromatic N) is 3. The number of hydrogen-bond acceptors (Lipinski definition) is 13. The third-order valence-electron chi connectivity index (χ3n) is 8.66. The summed E-state index contributed by atoms with van der Waals surface area (Å²) < 4.78 is 0. The van der Waals surface area contributed by atoms with E-state index in [0.29, 0.717) is 5.75 Å². The van der Waals surface area contributed by atoms with E-state index in [1.807, 2.05) is 0 Å². The van der Waals surface area contributed by atoms with Crippen LogP contribution >= 0.6 is 11.8 Å². The summed E-state index contributed by atoms with van der Waals surface area (Å²) in [6.07, 6.45) is 0.294. The zero-order valence-corrected chi connectivity index (χ0v) is 36.4. The number of guanidine groups is 3. The predicted octanol–water partition coefficient (Wildman–Crippen LogP) is -6.56. The molecule has 27 nitrogen and oxygen atoms in total. The zero-order valence-electron chi connectivity index (χ0n) is 35.6. The minimum atomic E-state index is -1.66. The van der Waals surface area contributed by atoms with E-state index in [2.05, 4.69) is 46.9 Å². The van der Waals surface area contributed by atoms with Crippen molar-refractivity contribution in [3.05, 3.63) is 0 Å². The third-order valence-corrected chi connectivity index (χ3v) is 9.30. The predicted molar refractivity (Wildman–Crippen MR) is 234 cm³/mol. The summed E-state index contributed by atoms with van der Waals surface area (Å²) in [6.45, 7) is 1.38. The van der Waals surface area contributed by atoms with Crippen LogP contribution in [-0.4, -0.2) is 144 Å². The highest BCUT2D eigenvalue weighted by atomic mass is 32.2. The molecule has 63 heavy (non-hydrogen) atoms. The van der Waals surface area contributed by atoms with Crippen molar-refractivity contribution < 1.29 is 48.3 Å². The van der Waals surface area contributed by atoms with Crippen molar-refractivity contribution in [1.82, 2.24) is 31.9 Å². The van der Waals surface area contributed by atoms with Gasteiger partial charge < -0.3 is 82.9 Å². The molecule has 0 aliphatic heterocycles. The van der Waals surface area contributed by atoms with Gasteiger partial charge in [-0.25, -0.2) is 0 Å². The van der Waals surface area contributed by atoms with Crippen LogP contribution in [0.1, 0.15) is 77.6 Å². The molecule has 0 fully saturated rings. The number of hydrogen-bond donors (Lipinski definition) is 15. The lowest BCUT2D eigenvalue weighted by atomic mass is 10.0. The minimum Gasteiger partial charge on any atom is -0.481 e. The lowest BCUT2D eigenvalue weighted by molar-refractivity contribution is -0.139. The average molecular weight is 916 g/mol. The largest absolute Gasteiger partial charge is 0.481 e. The number of primary amides is 2. The quantitative estimate of drug-likeness (QED) is 0.0165. The molecule has 0 saturated heterocycles. The van der Waals surface area contributed by atoms with Crippen molar-refractivity contribution >= 4 is 82.9 Å². The maximum Gasteiger partial charge on any atom is 0.303 e. The number of aliphatic carboxylic acids is 1. The van der Waals surface area contributed by atoms with Gasteiger partial charge in [-0.1, -0.05) is 0 Å². The van der Waals surface area contributed by atoms with Crippen LogP contribution in [0.4, 0.5) is 0 Å². The first-order valence-electron chi connectivity index (χ1n) is 19.8. The van der Waals surface area contributed by atoms with Gasteiger partial charge >= 0.3 is 5.97 Å². The highest BCUT2D eigenvalue weighted by Crippen LogP contribution is 2.09. The molecular formula is C35H65N17O10S. The van der Waals surface area contributed by atoms with Gasteiger partial charge in [0.25, 0.3) is 0 Å². The molecule has 356 valence electrons. The minimum absolute atomic E-state index is 0.00529. The van der Waals surface area contributed by atoms with Crippen molar-refractivity contribution in [2.45, 2.75) is 114 Å². The first kappa shape index (κ1) is 56.4. The molecule has 0 heterocycles. The number of carboxylic acid groups (broad SMARTS) is 1. The summed E-state index contributed by atoms with van der Waals surface area (Å²) in [7, 11) is 0. The fourth-order valence-electron chi connectivity index (χ4n) is 5.54. The summed E-state index contributed by atoms with van der Waals surface area (Å²) in [6, 6.07) is -8.26. The van der Waals surface area contributed by atoms with E-state index in [0.717, 1.165) is 0 Å². The molecule has 8 amide bonds. The van der Waals surface area contributed by atoms with Crippen LogP contribution in [0.25, 0.3) is 0 Å². The van der Waals surface area contributed by atoms with E-state index in [1.165, 1.54) is 18.7 Å². The maximum atomic E-state index is 14.0. The summed E-state index contributed by atoms with van der Waals surface area (Å²) in [5, 5.41) is 24.4. The number of carbonyl (C=O) groups excluding carboxylic acids is 8. The number of aliphatic imine (C=N–C) groups is 3. The SMILES string of the molecule is CSCC[C@H](NC(C)=O)C(=O)N[C@@H](CCCN=C(N)N)C(=O)N[C@@H](CCCN=C(N)N)C(=O)N[C@@H](CCC(=O)O)C(=O)N[C@@H](CCC(N)=O)C(=O)N[C@@H](CCCN=C(N)N)C(N)=O. The Hall–Kier alpha value is -6.61. The van der Waals surface area contributed by atoms with Gasteiger partial charge in [0.2, 0.25) is 47.3 Å². The zero-order chi connectivity index (χ0) is 48.1. The van der Waals surface area contributed by atoms with Crippen molar-refractivity contribution in [2.75, 3.05) is 31.6 Å². The third kappa shape index (κ3) is 27.1. The van der Waals surface area contributed by atoms with Crippen LogP contribution in [-0.2, 0) is 43.2 Å². The molecule has 0 saturated carbocycles. The molecule has 0 aromatic heterocycles. The molecule has 28 heteroatoms. The molecular weight excluding hydrogens is 851 g/mol. The van der Waals surface area contributed by atoms with E-state index in [-0.39, 0.29) is 88.9 Å². The Morgan fingerprint density at radius 3 is 1.10 bits per heavy atom. The Balaban J connectivity index is 6.70. The topological polar surface area (TPSA) is 491 Å². The number of carbonyl (C=O) groups is 9. The van der Waals surface area contributed by atoms with E-state index >= 15 is 0 Å². The summed E-state index contributed by atoms with van der Waals surface area (Å²) >= 11 is 1.42. The van der Waals surface area contributed by atoms with Gasteiger partial charge in [-0.15, -0.1) is 0 Å². The van der Waals surface area contributed by atoms with Crippen molar-refractivity contribution in [3.63, 3.8) is 0 Å². The second-order valence-corrected chi connectivity index (χ2v) is 15.0. The summed E-state index contributed by atoms with van der Waals surface area (Å²) in [5.74, 6) is -8.42. The fourth-order valence-corrected chi connectivity index (χ4v) is 6.01. The van der Waals surface area contributed by atoms with Gasteiger partial charge in [-0.2, -0.15) is 11.8 Å².